The SMILES string of the molecule is Cc1ccc(C2CCCCCN2S(=O)(=O)c2cc(C)ccc2C)cc1. The number of sulfonamides is 1. The van der Waals surface area contributed by atoms with Crippen LogP contribution in [0, 0.1) is 20.8 Å². The van der Waals surface area contributed by atoms with Gasteiger partial charge >= 0.3 is 0 Å². The highest BCUT2D eigenvalue weighted by atomic mass is 32.2. The van der Waals surface area contributed by atoms with Gasteiger partial charge in [-0.3, -0.25) is 0 Å². The smallest absolute Gasteiger partial charge is 0.207 e. The Morgan fingerprint density at radius 1 is 0.880 bits per heavy atom. The van der Waals surface area contributed by atoms with Gasteiger partial charge in [0.1, 0.15) is 0 Å². The van der Waals surface area contributed by atoms with Crippen LogP contribution in [0.15, 0.2) is 47.4 Å². The van der Waals surface area contributed by atoms with Gasteiger partial charge in [0.05, 0.1) is 10.9 Å². The van der Waals surface area contributed by atoms with Crippen molar-refractivity contribution in [3.05, 3.63) is 64.7 Å². The molecule has 1 unspecified atom stereocenters. The van der Waals surface area contributed by atoms with Crippen molar-refractivity contribution in [1.29, 1.82) is 0 Å². The van der Waals surface area contributed by atoms with E-state index in [0.717, 1.165) is 42.4 Å². The molecule has 2 aromatic rings. The lowest BCUT2D eigenvalue weighted by Crippen LogP contribution is -2.35. The Labute approximate surface area is 151 Å². The van der Waals surface area contributed by atoms with Gasteiger partial charge in [-0.25, -0.2) is 8.42 Å². The molecule has 1 aliphatic heterocycles. The summed E-state index contributed by atoms with van der Waals surface area (Å²) in [6.07, 6.45) is 3.96. The molecule has 3 rings (SSSR count). The minimum absolute atomic E-state index is 0.0759. The summed E-state index contributed by atoms with van der Waals surface area (Å²) >= 11 is 0. The third kappa shape index (κ3) is 3.80. The van der Waals surface area contributed by atoms with Crippen molar-refractivity contribution >= 4 is 10.0 Å². The van der Waals surface area contributed by atoms with Crippen LogP contribution < -0.4 is 0 Å². The van der Waals surface area contributed by atoms with E-state index in [1.165, 1.54) is 5.56 Å². The van der Waals surface area contributed by atoms with Gasteiger partial charge in [0.15, 0.2) is 0 Å². The molecule has 1 fully saturated rings. The first kappa shape index (κ1) is 18.2. The Kier molecular flexibility index (Phi) is 5.30. The van der Waals surface area contributed by atoms with E-state index in [1.54, 1.807) is 4.31 Å². The lowest BCUT2D eigenvalue weighted by molar-refractivity contribution is 0.328. The van der Waals surface area contributed by atoms with Gasteiger partial charge < -0.3 is 0 Å². The molecule has 0 spiro atoms. The first-order valence-corrected chi connectivity index (χ1v) is 10.5. The van der Waals surface area contributed by atoms with Crippen molar-refractivity contribution in [3.8, 4) is 0 Å². The van der Waals surface area contributed by atoms with Crippen molar-refractivity contribution in [1.82, 2.24) is 4.31 Å². The highest BCUT2D eigenvalue weighted by Gasteiger charge is 2.34. The van der Waals surface area contributed by atoms with Crippen molar-refractivity contribution in [2.45, 2.75) is 57.4 Å². The molecule has 4 heteroatoms. The van der Waals surface area contributed by atoms with E-state index in [0.29, 0.717) is 11.4 Å². The Hall–Kier alpha value is -1.65. The third-order valence-corrected chi connectivity index (χ3v) is 7.15. The zero-order valence-electron chi connectivity index (χ0n) is 15.3. The summed E-state index contributed by atoms with van der Waals surface area (Å²) < 4.78 is 28.7. The number of rotatable bonds is 3. The monoisotopic (exact) mass is 357 g/mol. The Morgan fingerprint density at radius 2 is 1.56 bits per heavy atom. The number of hydrogen-bond acceptors (Lipinski definition) is 2. The van der Waals surface area contributed by atoms with Crippen LogP contribution in [0.1, 0.15) is 54.0 Å². The summed E-state index contributed by atoms with van der Waals surface area (Å²) in [5.41, 5.74) is 4.09. The molecule has 3 nitrogen and oxygen atoms in total. The fourth-order valence-electron chi connectivity index (χ4n) is 3.60. The first-order chi connectivity index (χ1) is 11.9. The summed E-state index contributed by atoms with van der Waals surface area (Å²) in [5.74, 6) is 0. The van der Waals surface area contributed by atoms with Crippen LogP contribution in [0.25, 0.3) is 0 Å². The standard InChI is InChI=1S/C21H27NO2S/c1-16-9-12-19(13-10-16)20-7-5-4-6-14-22(20)25(23,24)21-15-17(2)8-11-18(21)3/h8-13,15,20H,4-7,14H2,1-3H3. The lowest BCUT2D eigenvalue weighted by Gasteiger charge is -2.30. The van der Waals surface area contributed by atoms with E-state index in [4.69, 9.17) is 0 Å². The highest BCUT2D eigenvalue weighted by Crippen LogP contribution is 2.35. The largest absolute Gasteiger partial charge is 0.243 e. The molecule has 0 aliphatic carbocycles. The first-order valence-electron chi connectivity index (χ1n) is 9.05. The minimum atomic E-state index is -3.51. The summed E-state index contributed by atoms with van der Waals surface area (Å²) in [6.45, 7) is 6.47. The quantitative estimate of drug-likeness (QED) is 0.782. The molecular formula is C21H27NO2S. The molecule has 0 bridgehead atoms. The van der Waals surface area contributed by atoms with Crippen LogP contribution >= 0.6 is 0 Å². The van der Waals surface area contributed by atoms with Crippen LogP contribution in [-0.4, -0.2) is 19.3 Å². The van der Waals surface area contributed by atoms with Gasteiger partial charge in [0, 0.05) is 6.54 Å². The average molecular weight is 358 g/mol. The molecular weight excluding hydrogens is 330 g/mol. The van der Waals surface area contributed by atoms with Gasteiger partial charge in [-0.1, -0.05) is 54.8 Å². The van der Waals surface area contributed by atoms with E-state index in [9.17, 15) is 8.42 Å². The van der Waals surface area contributed by atoms with E-state index < -0.39 is 10.0 Å². The van der Waals surface area contributed by atoms with Crippen LogP contribution in [0.2, 0.25) is 0 Å². The van der Waals surface area contributed by atoms with E-state index in [1.807, 2.05) is 32.0 Å². The van der Waals surface area contributed by atoms with Gasteiger partial charge in [0.2, 0.25) is 10.0 Å². The maximum atomic E-state index is 13.5. The molecule has 0 N–H and O–H groups in total. The van der Waals surface area contributed by atoms with Gasteiger partial charge in [0.25, 0.3) is 0 Å². The second-order valence-corrected chi connectivity index (χ2v) is 9.02. The predicted octanol–water partition coefficient (Wildman–Crippen LogP) is 4.92. The summed E-state index contributed by atoms with van der Waals surface area (Å²) in [6, 6.07) is 13.9. The van der Waals surface area contributed by atoms with Gasteiger partial charge in [-0.2, -0.15) is 4.31 Å². The molecule has 0 saturated carbocycles. The molecule has 0 amide bonds. The fraction of sp³-hybridized carbons (Fsp3) is 0.429. The Balaban J connectivity index is 2.06. The minimum Gasteiger partial charge on any atom is -0.207 e. The van der Waals surface area contributed by atoms with Crippen molar-refractivity contribution in [3.63, 3.8) is 0 Å². The van der Waals surface area contributed by atoms with Crippen LogP contribution in [0.4, 0.5) is 0 Å². The topological polar surface area (TPSA) is 37.4 Å². The molecule has 1 saturated heterocycles. The number of benzene rings is 2. The second-order valence-electron chi connectivity index (χ2n) is 7.16. The zero-order chi connectivity index (χ0) is 18.0. The third-order valence-electron chi connectivity index (χ3n) is 5.10. The van der Waals surface area contributed by atoms with Crippen LogP contribution in [0.3, 0.4) is 0 Å². The molecule has 134 valence electrons. The zero-order valence-corrected chi connectivity index (χ0v) is 16.1. The van der Waals surface area contributed by atoms with Crippen molar-refractivity contribution < 1.29 is 8.42 Å². The lowest BCUT2D eigenvalue weighted by atomic mass is 10.0. The molecule has 0 aromatic heterocycles. The second kappa shape index (κ2) is 7.30. The number of aryl methyl sites for hydroxylation is 3. The maximum absolute atomic E-state index is 13.5. The average Bonchev–Trinajstić information content (AvgIpc) is 2.84. The number of nitrogens with zero attached hydrogens (tertiary/aromatic N) is 1. The molecule has 0 radical (unpaired) electrons. The molecule has 2 aromatic carbocycles. The maximum Gasteiger partial charge on any atom is 0.243 e. The molecule has 1 atom stereocenters. The Morgan fingerprint density at radius 3 is 2.28 bits per heavy atom. The summed E-state index contributed by atoms with van der Waals surface area (Å²) in [4.78, 5) is 0.450. The molecule has 1 aliphatic rings. The predicted molar refractivity (Wildman–Crippen MR) is 102 cm³/mol. The van der Waals surface area contributed by atoms with E-state index in [-0.39, 0.29) is 6.04 Å². The van der Waals surface area contributed by atoms with Crippen LogP contribution in [-0.2, 0) is 10.0 Å². The summed E-state index contributed by atoms with van der Waals surface area (Å²) in [5, 5.41) is 0. The van der Waals surface area contributed by atoms with E-state index >= 15 is 0 Å². The van der Waals surface area contributed by atoms with Gasteiger partial charge in [-0.15, -0.1) is 0 Å². The van der Waals surface area contributed by atoms with Gasteiger partial charge in [-0.05, 0) is 56.4 Å². The van der Waals surface area contributed by atoms with E-state index in [2.05, 4.69) is 31.2 Å². The van der Waals surface area contributed by atoms with Crippen LogP contribution in [0.5, 0.6) is 0 Å². The molecule has 1 heterocycles. The highest BCUT2D eigenvalue weighted by molar-refractivity contribution is 7.89. The summed E-state index contributed by atoms with van der Waals surface area (Å²) in [7, 11) is -3.51. The fourth-order valence-corrected chi connectivity index (χ4v) is 5.60. The Bertz CT molecular complexity index is 841. The van der Waals surface area contributed by atoms with Crippen molar-refractivity contribution in [2.24, 2.45) is 0 Å². The molecule has 25 heavy (non-hydrogen) atoms. The number of hydrogen-bond donors (Lipinski definition) is 0. The normalized spacial score (nSPS) is 19.6. The van der Waals surface area contributed by atoms with Crippen molar-refractivity contribution in [2.75, 3.05) is 6.54 Å².